The molecule has 0 unspecified atom stereocenters. The highest BCUT2D eigenvalue weighted by atomic mass is 35.5. The molecule has 0 amide bonds. The van der Waals surface area contributed by atoms with Crippen LogP contribution in [0.3, 0.4) is 0 Å². The first kappa shape index (κ1) is 15.7. The van der Waals surface area contributed by atoms with E-state index in [1.54, 1.807) is 12.4 Å². The van der Waals surface area contributed by atoms with Crippen molar-refractivity contribution in [2.45, 2.75) is 20.4 Å². The van der Waals surface area contributed by atoms with E-state index >= 15 is 0 Å². The average molecular weight is 309 g/mol. The van der Waals surface area contributed by atoms with Crippen molar-refractivity contribution in [2.24, 2.45) is 5.92 Å². The number of rotatable bonds is 6. The smallest absolute Gasteiger partial charge is 0.150 e. The molecule has 1 aromatic heterocycles. The quantitative estimate of drug-likeness (QED) is 0.858. The predicted molar refractivity (Wildman–Crippen MR) is 82.3 cm³/mol. The summed E-state index contributed by atoms with van der Waals surface area (Å²) in [6.07, 6.45) is 3.34. The first-order valence-electron chi connectivity index (χ1n) is 6.82. The molecule has 1 aromatic carbocycles. The highest BCUT2D eigenvalue weighted by Crippen LogP contribution is 2.31. The van der Waals surface area contributed by atoms with Gasteiger partial charge >= 0.3 is 0 Å². The molecule has 0 saturated heterocycles. The molecule has 1 heterocycles. The van der Waals surface area contributed by atoms with E-state index in [4.69, 9.17) is 16.3 Å². The Bertz CT molecular complexity index is 605. The van der Waals surface area contributed by atoms with Crippen molar-refractivity contribution in [2.75, 3.05) is 6.54 Å². The molecule has 0 aliphatic carbocycles. The van der Waals surface area contributed by atoms with Crippen LogP contribution in [0.4, 0.5) is 4.39 Å². The molecule has 2 aromatic rings. The fourth-order valence-corrected chi connectivity index (χ4v) is 2.02. The monoisotopic (exact) mass is 308 g/mol. The number of nitrogens with one attached hydrogen (secondary N) is 1. The molecule has 1 N–H and O–H groups in total. The molecule has 21 heavy (non-hydrogen) atoms. The Kier molecular flexibility index (Phi) is 5.53. The third-order valence-corrected chi connectivity index (χ3v) is 3.15. The van der Waals surface area contributed by atoms with Crippen LogP contribution in [0.2, 0.25) is 5.02 Å². The zero-order valence-electron chi connectivity index (χ0n) is 12.1. The fourth-order valence-electron chi connectivity index (χ4n) is 1.82. The van der Waals surface area contributed by atoms with E-state index in [1.165, 1.54) is 18.2 Å². The summed E-state index contributed by atoms with van der Waals surface area (Å²) in [5.74, 6) is 1.21. The van der Waals surface area contributed by atoms with E-state index in [0.717, 1.165) is 12.1 Å². The Morgan fingerprint density at radius 2 is 2.10 bits per heavy atom. The lowest BCUT2D eigenvalue weighted by molar-refractivity contribution is 0.465. The number of benzene rings is 1. The van der Waals surface area contributed by atoms with Crippen molar-refractivity contribution >= 4 is 11.6 Å². The molecule has 0 saturated carbocycles. The van der Waals surface area contributed by atoms with Crippen LogP contribution in [-0.2, 0) is 6.54 Å². The first-order chi connectivity index (χ1) is 10.1. The molecule has 0 aliphatic rings. The van der Waals surface area contributed by atoms with Crippen molar-refractivity contribution in [3.05, 3.63) is 53.1 Å². The van der Waals surface area contributed by atoms with E-state index in [-0.39, 0.29) is 5.02 Å². The average Bonchev–Trinajstić information content (AvgIpc) is 2.43. The minimum atomic E-state index is -0.391. The second-order valence-corrected chi connectivity index (χ2v) is 5.59. The number of pyridine rings is 1. The molecule has 0 bridgehead atoms. The lowest BCUT2D eigenvalue weighted by Crippen LogP contribution is -2.19. The minimum absolute atomic E-state index is 0.236. The van der Waals surface area contributed by atoms with Crippen molar-refractivity contribution in [3.63, 3.8) is 0 Å². The molecule has 0 atom stereocenters. The van der Waals surface area contributed by atoms with Crippen molar-refractivity contribution in [3.8, 4) is 11.5 Å². The van der Waals surface area contributed by atoms with Gasteiger partial charge < -0.3 is 10.1 Å². The predicted octanol–water partition coefficient (Wildman–Crippen LogP) is 4.41. The Morgan fingerprint density at radius 3 is 2.81 bits per heavy atom. The van der Waals surface area contributed by atoms with Gasteiger partial charge in [0, 0.05) is 18.3 Å². The van der Waals surface area contributed by atoms with Crippen LogP contribution in [0.15, 0.2) is 36.7 Å². The maximum Gasteiger partial charge on any atom is 0.150 e. The van der Waals surface area contributed by atoms with Gasteiger partial charge in [0.1, 0.15) is 17.3 Å². The van der Waals surface area contributed by atoms with Crippen LogP contribution in [-0.4, -0.2) is 11.5 Å². The van der Waals surface area contributed by atoms with Crippen LogP contribution in [0, 0.1) is 11.7 Å². The Labute approximate surface area is 129 Å². The largest absolute Gasteiger partial charge is 0.454 e. The number of ether oxygens (including phenoxy) is 1. The van der Waals surface area contributed by atoms with Crippen LogP contribution >= 0.6 is 11.6 Å². The Hall–Kier alpha value is -1.65. The Balaban J connectivity index is 2.12. The maximum atomic E-state index is 13.0. The summed E-state index contributed by atoms with van der Waals surface area (Å²) in [6.45, 7) is 5.89. The zero-order valence-corrected chi connectivity index (χ0v) is 12.8. The molecule has 3 nitrogen and oxygen atoms in total. The molecule has 0 fully saturated rings. The van der Waals surface area contributed by atoms with Gasteiger partial charge in [-0.1, -0.05) is 25.4 Å². The minimum Gasteiger partial charge on any atom is -0.454 e. The van der Waals surface area contributed by atoms with E-state index in [2.05, 4.69) is 24.1 Å². The molecule has 0 spiro atoms. The van der Waals surface area contributed by atoms with Gasteiger partial charge in [0.15, 0.2) is 0 Å². The lowest BCUT2D eigenvalue weighted by atomic mass is 10.2. The van der Waals surface area contributed by atoms with Gasteiger partial charge in [0.05, 0.1) is 11.2 Å². The molecular formula is C16H18ClFN2O. The topological polar surface area (TPSA) is 34.2 Å². The molecule has 0 radical (unpaired) electrons. The summed E-state index contributed by atoms with van der Waals surface area (Å²) in [4.78, 5) is 4.06. The highest BCUT2D eigenvalue weighted by molar-refractivity contribution is 6.32. The standard InChI is InChI=1S/C16H18ClFN2O/c1-11(2)8-20-9-12-5-6-19-10-16(12)21-15-4-3-13(18)7-14(15)17/h3-7,10-11,20H,8-9H2,1-2H3. The number of hydrogen-bond acceptors (Lipinski definition) is 3. The third-order valence-electron chi connectivity index (χ3n) is 2.85. The van der Waals surface area contributed by atoms with Crippen LogP contribution in [0.1, 0.15) is 19.4 Å². The molecule has 0 aliphatic heterocycles. The molecular weight excluding hydrogens is 291 g/mol. The number of hydrogen-bond donors (Lipinski definition) is 1. The summed E-state index contributed by atoms with van der Waals surface area (Å²) < 4.78 is 18.8. The zero-order chi connectivity index (χ0) is 15.2. The second-order valence-electron chi connectivity index (χ2n) is 5.18. The van der Waals surface area contributed by atoms with E-state index in [1.807, 2.05) is 6.07 Å². The second kappa shape index (κ2) is 7.38. The van der Waals surface area contributed by atoms with Gasteiger partial charge in [0.2, 0.25) is 0 Å². The number of aromatic nitrogens is 1. The van der Waals surface area contributed by atoms with Gasteiger partial charge in [-0.3, -0.25) is 4.98 Å². The summed E-state index contributed by atoms with van der Waals surface area (Å²) >= 11 is 5.98. The van der Waals surface area contributed by atoms with Gasteiger partial charge in [-0.25, -0.2) is 4.39 Å². The fraction of sp³-hybridized carbons (Fsp3) is 0.312. The molecule has 112 valence electrons. The first-order valence-corrected chi connectivity index (χ1v) is 7.20. The maximum absolute atomic E-state index is 13.0. The van der Waals surface area contributed by atoms with Crippen LogP contribution in [0.25, 0.3) is 0 Å². The molecule has 2 rings (SSSR count). The SMILES string of the molecule is CC(C)CNCc1ccncc1Oc1ccc(F)cc1Cl. The van der Waals surface area contributed by atoms with E-state index < -0.39 is 5.82 Å². The van der Waals surface area contributed by atoms with Gasteiger partial charge in [0.25, 0.3) is 0 Å². The lowest BCUT2D eigenvalue weighted by Gasteiger charge is -2.13. The summed E-state index contributed by atoms with van der Waals surface area (Å²) in [6, 6.07) is 5.94. The van der Waals surface area contributed by atoms with Gasteiger partial charge in [-0.15, -0.1) is 0 Å². The van der Waals surface area contributed by atoms with Crippen LogP contribution in [0.5, 0.6) is 11.5 Å². The Morgan fingerprint density at radius 1 is 1.29 bits per heavy atom. The van der Waals surface area contributed by atoms with Crippen molar-refractivity contribution in [1.82, 2.24) is 10.3 Å². The highest BCUT2D eigenvalue weighted by Gasteiger charge is 2.09. The molecule has 5 heteroatoms. The summed E-state index contributed by atoms with van der Waals surface area (Å²) in [5, 5.41) is 3.59. The van der Waals surface area contributed by atoms with Gasteiger partial charge in [-0.05, 0) is 36.7 Å². The van der Waals surface area contributed by atoms with Crippen molar-refractivity contribution < 1.29 is 9.13 Å². The van der Waals surface area contributed by atoms with Gasteiger partial charge in [-0.2, -0.15) is 0 Å². The number of nitrogens with zero attached hydrogens (tertiary/aromatic N) is 1. The van der Waals surface area contributed by atoms with Crippen LogP contribution < -0.4 is 10.1 Å². The summed E-state index contributed by atoms with van der Waals surface area (Å²) in [7, 11) is 0. The third kappa shape index (κ3) is 4.69. The number of halogens is 2. The van der Waals surface area contributed by atoms with E-state index in [0.29, 0.717) is 24.0 Å². The van der Waals surface area contributed by atoms with Crippen molar-refractivity contribution in [1.29, 1.82) is 0 Å². The summed E-state index contributed by atoms with van der Waals surface area (Å²) in [5.41, 5.74) is 0.978. The normalized spacial score (nSPS) is 10.9. The van der Waals surface area contributed by atoms with E-state index in [9.17, 15) is 4.39 Å².